The van der Waals surface area contributed by atoms with Gasteiger partial charge in [0.25, 0.3) is 0 Å². The maximum Gasteiger partial charge on any atom is 0.534 e. The van der Waals surface area contributed by atoms with Gasteiger partial charge in [0.2, 0.25) is 0 Å². The van der Waals surface area contributed by atoms with E-state index in [9.17, 15) is 53.1 Å². The Morgan fingerprint density at radius 1 is 1.06 bits per heavy atom. The van der Waals surface area contributed by atoms with Crippen molar-refractivity contribution in [3.05, 3.63) is 22.8 Å². The fourth-order valence-electron chi connectivity index (χ4n) is 3.16. The number of aliphatic carboxylic acids is 1. The predicted octanol–water partition coefficient (Wildman–Crippen LogP) is 3.38. The lowest BCUT2D eigenvalue weighted by molar-refractivity contribution is -0.160. The van der Waals surface area contributed by atoms with Gasteiger partial charge in [-0.1, -0.05) is 0 Å². The second kappa shape index (κ2) is 8.44. The normalized spacial score (nSPS) is 16.4. The third-order valence-electron chi connectivity index (χ3n) is 4.46. The maximum atomic E-state index is 13.1. The number of alkyl halides is 6. The van der Waals surface area contributed by atoms with Crippen molar-refractivity contribution >= 4 is 31.8 Å². The van der Waals surface area contributed by atoms with Crippen LogP contribution >= 0.6 is 0 Å². The zero-order chi connectivity index (χ0) is 26.7. The van der Waals surface area contributed by atoms with E-state index in [1.54, 1.807) is 0 Å². The molecule has 1 N–H and O–H groups in total. The first kappa shape index (κ1) is 28.0. The second-order valence-corrected chi connectivity index (χ2v) is 11.5. The van der Waals surface area contributed by atoms with Crippen LogP contribution in [0.4, 0.5) is 32.0 Å². The Morgan fingerprint density at radius 3 is 2.00 bits per heavy atom. The molecule has 2 rings (SSSR count). The van der Waals surface area contributed by atoms with Crippen LogP contribution in [0.2, 0.25) is 0 Å². The van der Waals surface area contributed by atoms with Crippen LogP contribution in [0.5, 0.6) is 5.75 Å². The number of halogens is 6. The molecular formula is C17H19F6NO8S2. The fraction of sp³-hybridized carbons (Fsp3) is 0.588. The molecule has 194 valence electrons. The number of benzene rings is 1. The summed E-state index contributed by atoms with van der Waals surface area (Å²) in [6.07, 6.45) is -2.82. The number of hydrogen-bond donors (Lipinski definition) is 1. The van der Waals surface area contributed by atoms with Crippen LogP contribution in [-0.4, -0.2) is 51.1 Å². The molecule has 0 saturated carbocycles. The number of rotatable bonds is 6. The summed E-state index contributed by atoms with van der Waals surface area (Å²) in [6, 6.07) is 0.788. The van der Waals surface area contributed by atoms with Crippen LogP contribution < -0.4 is 8.49 Å². The van der Waals surface area contributed by atoms with Gasteiger partial charge in [0.05, 0.1) is 11.3 Å². The Kier molecular flexibility index (Phi) is 6.94. The highest BCUT2D eigenvalue weighted by Crippen LogP contribution is 2.47. The van der Waals surface area contributed by atoms with E-state index in [1.807, 2.05) is 0 Å². The first-order chi connectivity index (χ1) is 15.0. The average Bonchev–Trinajstić information content (AvgIpc) is 3.01. The van der Waals surface area contributed by atoms with Gasteiger partial charge in [-0.15, -0.1) is 0 Å². The minimum atomic E-state index is -6.43. The molecule has 1 aliphatic rings. The highest BCUT2D eigenvalue weighted by Gasteiger charge is 2.54. The number of nitrogens with zero attached hydrogens (tertiary/aromatic N) is 1. The molecule has 0 bridgehead atoms. The molecule has 0 unspecified atom stereocenters. The van der Waals surface area contributed by atoms with E-state index in [0.29, 0.717) is 0 Å². The summed E-state index contributed by atoms with van der Waals surface area (Å²) in [7, 11) is -12.4. The van der Waals surface area contributed by atoms with Crippen molar-refractivity contribution < 1.29 is 62.0 Å². The van der Waals surface area contributed by atoms with E-state index in [0.717, 1.165) is 13.0 Å². The van der Waals surface area contributed by atoms with Crippen LogP contribution in [0.3, 0.4) is 0 Å². The molecule has 0 aromatic heterocycles. The quantitative estimate of drug-likeness (QED) is 0.329. The zero-order valence-corrected chi connectivity index (χ0v) is 19.5. The van der Waals surface area contributed by atoms with Crippen molar-refractivity contribution in [2.75, 3.05) is 10.8 Å². The Bertz CT molecular complexity index is 1200. The molecular weight excluding hydrogens is 524 g/mol. The molecule has 0 radical (unpaired) electrons. The average molecular weight is 543 g/mol. The van der Waals surface area contributed by atoms with E-state index in [1.165, 1.54) is 20.8 Å². The third kappa shape index (κ3) is 5.19. The predicted molar refractivity (Wildman–Crippen MR) is 104 cm³/mol. The smallest absolute Gasteiger partial charge is 0.479 e. The lowest BCUT2D eigenvalue weighted by atomic mass is 9.96. The summed E-state index contributed by atoms with van der Waals surface area (Å²) < 4.78 is 135. The lowest BCUT2D eigenvalue weighted by Crippen LogP contribution is -2.39. The maximum absolute atomic E-state index is 13.1. The van der Waals surface area contributed by atoms with Crippen LogP contribution in [0.15, 0.2) is 6.07 Å². The standard InChI is InChI=1S/C17H19F6NO8S2/c1-8-7-10-9(5-6-24(10)33(27,28)16(18,19)20)12(32-34(29,30)17(21,22)23)11(8)13(14(25)26)31-15(2,3)4/h7,13H,5-6H2,1-4H3,(H,25,26)/t13-/m0/s1. The van der Waals surface area contributed by atoms with Crippen molar-refractivity contribution in [2.24, 2.45) is 0 Å². The van der Waals surface area contributed by atoms with Crippen molar-refractivity contribution in [1.82, 2.24) is 0 Å². The van der Waals surface area contributed by atoms with Crippen molar-refractivity contribution in [2.45, 2.75) is 56.8 Å². The minimum absolute atomic E-state index is 0.160. The van der Waals surface area contributed by atoms with Gasteiger partial charge in [-0.2, -0.15) is 43.2 Å². The van der Waals surface area contributed by atoms with E-state index in [2.05, 4.69) is 4.18 Å². The van der Waals surface area contributed by atoms with Crippen LogP contribution in [-0.2, 0) is 36.1 Å². The Labute approximate surface area is 190 Å². The molecule has 1 atom stereocenters. The number of carboxylic acids is 1. The van der Waals surface area contributed by atoms with Crippen molar-refractivity contribution in [3.8, 4) is 5.75 Å². The van der Waals surface area contributed by atoms with Crippen molar-refractivity contribution in [3.63, 3.8) is 0 Å². The molecule has 17 heteroatoms. The second-order valence-electron chi connectivity index (χ2n) is 8.14. The molecule has 1 aromatic carbocycles. The number of carboxylic acid groups (broad SMARTS) is 1. The van der Waals surface area contributed by atoms with Gasteiger partial charge >= 0.3 is 37.1 Å². The molecule has 0 fully saturated rings. The summed E-state index contributed by atoms with van der Waals surface area (Å²) >= 11 is 0. The molecule has 1 aromatic rings. The number of ether oxygens (including phenoxy) is 1. The van der Waals surface area contributed by atoms with Crippen molar-refractivity contribution in [1.29, 1.82) is 0 Å². The van der Waals surface area contributed by atoms with Gasteiger partial charge in [-0.05, 0) is 45.7 Å². The first-order valence-electron chi connectivity index (χ1n) is 9.18. The van der Waals surface area contributed by atoms with Gasteiger partial charge in [-0.3, -0.25) is 4.31 Å². The first-order valence-corrected chi connectivity index (χ1v) is 12.0. The lowest BCUT2D eigenvalue weighted by Gasteiger charge is -2.29. The van der Waals surface area contributed by atoms with E-state index in [4.69, 9.17) is 4.74 Å². The summed E-state index contributed by atoms with van der Waals surface area (Å²) in [4.78, 5) is 11.9. The van der Waals surface area contributed by atoms with Gasteiger partial charge < -0.3 is 14.0 Å². The summed E-state index contributed by atoms with van der Waals surface area (Å²) in [5.41, 5.74) is -15.6. The molecule has 0 spiro atoms. The van der Waals surface area contributed by atoms with E-state index in [-0.39, 0.29) is 9.87 Å². The number of carbonyl (C=O) groups is 1. The molecule has 1 aliphatic heterocycles. The zero-order valence-electron chi connectivity index (χ0n) is 17.9. The van der Waals surface area contributed by atoms with Crippen LogP contribution in [0.1, 0.15) is 43.6 Å². The highest BCUT2D eigenvalue weighted by molar-refractivity contribution is 7.93. The largest absolute Gasteiger partial charge is 0.534 e. The molecule has 0 saturated heterocycles. The Balaban J connectivity index is 2.90. The number of anilines is 1. The SMILES string of the molecule is Cc1cc2c(c(OS(=O)(=O)C(F)(F)F)c1[C@H](OC(C)(C)C)C(=O)O)CCN2S(=O)(=O)C(F)(F)F. The third-order valence-corrected chi connectivity index (χ3v) is 6.95. The van der Waals surface area contributed by atoms with Gasteiger partial charge in [-0.25, -0.2) is 4.79 Å². The summed E-state index contributed by atoms with van der Waals surface area (Å²) in [5.74, 6) is -3.03. The van der Waals surface area contributed by atoms with Gasteiger partial charge in [0, 0.05) is 17.7 Å². The number of fused-ring (bicyclic) bond motifs is 1. The number of aryl methyl sites for hydroxylation is 1. The fourth-order valence-corrected chi connectivity index (χ4v) is 4.67. The Morgan fingerprint density at radius 2 is 1.59 bits per heavy atom. The molecule has 9 nitrogen and oxygen atoms in total. The van der Waals surface area contributed by atoms with Gasteiger partial charge in [0.15, 0.2) is 11.9 Å². The molecule has 0 aliphatic carbocycles. The minimum Gasteiger partial charge on any atom is -0.479 e. The Hall–Kier alpha value is -2.27. The summed E-state index contributed by atoms with van der Waals surface area (Å²) in [6.45, 7) is 4.27. The van der Waals surface area contributed by atoms with Gasteiger partial charge in [0.1, 0.15) is 0 Å². The van der Waals surface area contributed by atoms with E-state index < -0.39 is 84.4 Å². The monoisotopic (exact) mass is 543 g/mol. The summed E-state index contributed by atoms with van der Waals surface area (Å²) in [5, 5.41) is 9.63. The topological polar surface area (TPSA) is 127 Å². The highest BCUT2D eigenvalue weighted by atomic mass is 32.2. The molecule has 1 heterocycles. The van der Waals surface area contributed by atoms with Crippen LogP contribution in [0, 0.1) is 6.92 Å². The molecule has 0 amide bonds. The number of hydrogen-bond acceptors (Lipinski definition) is 7. The van der Waals surface area contributed by atoms with E-state index >= 15 is 0 Å². The molecule has 34 heavy (non-hydrogen) atoms. The van der Waals surface area contributed by atoms with Crippen LogP contribution in [0.25, 0.3) is 0 Å². The number of sulfonamides is 1.